The molecule has 2 unspecified atom stereocenters. The number of carbonyl (C=O) groups is 3. The molecule has 1 fully saturated rings. The summed E-state index contributed by atoms with van der Waals surface area (Å²) in [5.41, 5.74) is 3.24. The van der Waals surface area contributed by atoms with Crippen molar-refractivity contribution in [2.45, 2.75) is 38.6 Å². The van der Waals surface area contributed by atoms with E-state index in [2.05, 4.69) is 5.32 Å². The van der Waals surface area contributed by atoms with Gasteiger partial charge in [0, 0.05) is 28.2 Å². The second kappa shape index (κ2) is 10.2. The molecule has 2 aliphatic rings. The second-order valence-corrected chi connectivity index (χ2v) is 9.61. The van der Waals surface area contributed by atoms with Gasteiger partial charge >= 0.3 is 11.9 Å². The van der Waals surface area contributed by atoms with E-state index in [1.807, 2.05) is 31.2 Å². The largest absolute Gasteiger partial charge is 0.497 e. The molecule has 0 spiro atoms. The summed E-state index contributed by atoms with van der Waals surface area (Å²) < 4.78 is 22.0. The van der Waals surface area contributed by atoms with Gasteiger partial charge in [0.25, 0.3) is 5.91 Å². The number of fused-ring (bicyclic) bond motifs is 1. The van der Waals surface area contributed by atoms with Gasteiger partial charge in [-0.15, -0.1) is 0 Å². The Morgan fingerprint density at radius 3 is 2.45 bits per heavy atom. The number of rotatable bonds is 7. The predicted octanol–water partition coefficient (Wildman–Crippen LogP) is 4.82. The van der Waals surface area contributed by atoms with Crippen molar-refractivity contribution in [3.8, 4) is 34.1 Å². The van der Waals surface area contributed by atoms with Crippen molar-refractivity contribution < 1.29 is 33.3 Å². The summed E-state index contributed by atoms with van der Waals surface area (Å²) in [4.78, 5) is 38.4. The molecule has 8 heteroatoms. The first kappa shape index (κ1) is 25.3. The van der Waals surface area contributed by atoms with E-state index in [0.717, 1.165) is 24.0 Å². The molecule has 196 valence electrons. The first-order valence-corrected chi connectivity index (χ1v) is 12.5. The number of benzene rings is 3. The van der Waals surface area contributed by atoms with Crippen molar-refractivity contribution in [1.29, 1.82) is 0 Å². The van der Waals surface area contributed by atoms with Crippen molar-refractivity contribution >= 4 is 17.8 Å². The molecule has 38 heavy (non-hydrogen) atoms. The Morgan fingerprint density at radius 2 is 1.74 bits per heavy atom. The van der Waals surface area contributed by atoms with Crippen LogP contribution in [0.1, 0.15) is 47.2 Å². The third-order valence-corrected chi connectivity index (χ3v) is 7.08. The lowest BCUT2D eigenvalue weighted by atomic mass is 9.88. The molecule has 5 rings (SSSR count). The van der Waals surface area contributed by atoms with E-state index in [0.29, 0.717) is 39.7 Å². The van der Waals surface area contributed by atoms with Crippen LogP contribution in [0.5, 0.6) is 23.0 Å². The highest BCUT2D eigenvalue weighted by Gasteiger charge is 2.38. The molecule has 1 N–H and O–H groups in total. The molecule has 0 radical (unpaired) electrons. The zero-order chi connectivity index (χ0) is 27.0. The number of amides is 1. The molecule has 8 nitrogen and oxygen atoms in total. The van der Waals surface area contributed by atoms with Gasteiger partial charge in [-0.2, -0.15) is 0 Å². The van der Waals surface area contributed by atoms with Crippen molar-refractivity contribution in [1.82, 2.24) is 5.32 Å². The smallest absolute Gasteiger partial charge is 0.334 e. The van der Waals surface area contributed by atoms with E-state index in [1.165, 1.54) is 0 Å². The lowest BCUT2D eigenvalue weighted by molar-refractivity contribution is -0.138. The van der Waals surface area contributed by atoms with E-state index in [9.17, 15) is 14.4 Å². The van der Waals surface area contributed by atoms with Crippen LogP contribution < -0.4 is 24.3 Å². The normalized spacial score (nSPS) is 18.2. The van der Waals surface area contributed by atoms with Gasteiger partial charge in [-0.3, -0.25) is 9.59 Å². The Bertz CT molecular complexity index is 1430. The third kappa shape index (κ3) is 4.81. The number of nitrogens with one attached hydrogen (secondary N) is 1. The van der Waals surface area contributed by atoms with Gasteiger partial charge in [0.1, 0.15) is 29.0 Å². The fraction of sp³-hybridized carbons (Fsp3) is 0.300. The summed E-state index contributed by atoms with van der Waals surface area (Å²) >= 11 is 0. The highest BCUT2D eigenvalue weighted by Crippen LogP contribution is 2.41. The maximum atomic E-state index is 13.3. The topological polar surface area (TPSA) is 100 Å². The standard InChI is InChI=1S/C30H29NO7/c1-16-22-11-13-24(37-29(33)18-8-9-18)17(2)27(22)38-30(34)26(16)31-28(32)20-10-12-25(36-4)23(15-20)19-6-5-7-21(14-19)35-3/h5-7,10-16,18,26H,8-9H2,1-4H3,(H,31,32). The number of carbonyl (C=O) groups excluding carboxylic acids is 3. The molecular weight excluding hydrogens is 486 g/mol. The second-order valence-electron chi connectivity index (χ2n) is 9.61. The predicted molar refractivity (Wildman–Crippen MR) is 140 cm³/mol. The average Bonchev–Trinajstić information content (AvgIpc) is 3.78. The van der Waals surface area contributed by atoms with Crippen molar-refractivity contribution in [2.24, 2.45) is 5.92 Å². The molecule has 3 aromatic rings. The van der Waals surface area contributed by atoms with Gasteiger partial charge in [-0.05, 0) is 61.7 Å². The lowest BCUT2D eigenvalue weighted by Gasteiger charge is -2.31. The van der Waals surface area contributed by atoms with E-state index < -0.39 is 17.9 Å². The highest BCUT2D eigenvalue weighted by molar-refractivity contribution is 5.99. The number of esters is 2. The van der Waals surface area contributed by atoms with Crippen LogP contribution in [0, 0.1) is 12.8 Å². The van der Waals surface area contributed by atoms with Crippen molar-refractivity contribution in [2.75, 3.05) is 14.2 Å². The fourth-order valence-corrected chi connectivity index (χ4v) is 4.63. The summed E-state index contributed by atoms with van der Waals surface area (Å²) in [5, 5.41) is 2.84. The van der Waals surface area contributed by atoms with Crippen LogP contribution in [0.15, 0.2) is 54.6 Å². The van der Waals surface area contributed by atoms with E-state index in [-0.39, 0.29) is 17.8 Å². The number of hydrogen-bond acceptors (Lipinski definition) is 7. The van der Waals surface area contributed by atoms with E-state index in [4.69, 9.17) is 18.9 Å². The van der Waals surface area contributed by atoms with E-state index in [1.54, 1.807) is 51.5 Å². The van der Waals surface area contributed by atoms with Crippen LogP contribution >= 0.6 is 0 Å². The molecule has 1 aliphatic heterocycles. The molecule has 0 bridgehead atoms. The maximum absolute atomic E-state index is 13.3. The minimum absolute atomic E-state index is 0.0473. The molecule has 2 atom stereocenters. The Kier molecular flexibility index (Phi) is 6.80. The Morgan fingerprint density at radius 1 is 0.974 bits per heavy atom. The van der Waals surface area contributed by atoms with Crippen LogP contribution in [-0.2, 0) is 9.59 Å². The monoisotopic (exact) mass is 515 g/mol. The Labute approximate surface area is 220 Å². The molecule has 1 heterocycles. The number of ether oxygens (including phenoxy) is 4. The first-order chi connectivity index (χ1) is 18.3. The highest BCUT2D eigenvalue weighted by atomic mass is 16.5. The van der Waals surface area contributed by atoms with Gasteiger partial charge in [0.15, 0.2) is 0 Å². The van der Waals surface area contributed by atoms with Gasteiger partial charge in [-0.1, -0.05) is 25.1 Å². The average molecular weight is 516 g/mol. The molecular formula is C30H29NO7. The molecule has 3 aromatic carbocycles. The van der Waals surface area contributed by atoms with Gasteiger partial charge < -0.3 is 24.3 Å². The molecule has 1 amide bonds. The van der Waals surface area contributed by atoms with Crippen molar-refractivity contribution in [3.05, 3.63) is 71.3 Å². The van der Waals surface area contributed by atoms with Gasteiger partial charge in [0.2, 0.25) is 0 Å². The van der Waals surface area contributed by atoms with Gasteiger partial charge in [-0.25, -0.2) is 4.79 Å². The summed E-state index contributed by atoms with van der Waals surface area (Å²) in [7, 11) is 3.15. The number of methoxy groups -OCH3 is 2. The summed E-state index contributed by atoms with van der Waals surface area (Å²) in [6.07, 6.45) is 1.68. The van der Waals surface area contributed by atoms with Crippen LogP contribution in [0.2, 0.25) is 0 Å². The maximum Gasteiger partial charge on any atom is 0.334 e. The third-order valence-electron chi connectivity index (χ3n) is 7.08. The summed E-state index contributed by atoms with van der Waals surface area (Å²) in [6.45, 7) is 3.61. The SMILES string of the molecule is COc1cccc(-c2cc(C(=O)NC3C(=O)Oc4c(ccc(OC(=O)C5CC5)c4C)C3C)ccc2OC)c1. The fourth-order valence-electron chi connectivity index (χ4n) is 4.63. The quantitative estimate of drug-likeness (QED) is 0.356. The Hall–Kier alpha value is -4.33. The summed E-state index contributed by atoms with van der Waals surface area (Å²) in [6, 6.07) is 15.1. The van der Waals surface area contributed by atoms with Crippen molar-refractivity contribution in [3.63, 3.8) is 0 Å². The van der Waals surface area contributed by atoms with Crippen LogP contribution in [0.4, 0.5) is 0 Å². The lowest BCUT2D eigenvalue weighted by Crippen LogP contribution is -2.48. The van der Waals surface area contributed by atoms with E-state index >= 15 is 0 Å². The zero-order valence-electron chi connectivity index (χ0n) is 21.7. The Balaban J connectivity index is 1.38. The summed E-state index contributed by atoms with van der Waals surface area (Å²) in [5.74, 6) is 0.369. The molecule has 0 aromatic heterocycles. The minimum atomic E-state index is -0.892. The molecule has 1 aliphatic carbocycles. The minimum Gasteiger partial charge on any atom is -0.497 e. The van der Waals surface area contributed by atoms with Gasteiger partial charge in [0.05, 0.1) is 20.1 Å². The molecule has 1 saturated carbocycles. The molecule has 0 saturated heterocycles. The van der Waals surface area contributed by atoms with Crippen LogP contribution in [0.25, 0.3) is 11.1 Å². The first-order valence-electron chi connectivity index (χ1n) is 12.5. The van der Waals surface area contributed by atoms with Crippen LogP contribution in [-0.4, -0.2) is 38.1 Å². The number of hydrogen-bond donors (Lipinski definition) is 1. The zero-order valence-corrected chi connectivity index (χ0v) is 21.7. The van der Waals surface area contributed by atoms with Crippen LogP contribution in [0.3, 0.4) is 0 Å².